The highest BCUT2D eigenvalue weighted by molar-refractivity contribution is 6.19. The first-order valence-electron chi connectivity index (χ1n) is 22.0. The number of furan rings is 1. The quantitative estimate of drug-likeness (QED) is 0.156. The zero-order chi connectivity index (χ0) is 42.1. The van der Waals surface area contributed by atoms with E-state index in [1.165, 1.54) is 70.7 Å². The molecule has 0 aliphatic carbocycles. The molecule has 13 rings (SSSR count). The molecule has 2 heteroatoms. The van der Waals surface area contributed by atoms with E-state index in [4.69, 9.17) is 4.42 Å². The molecule has 64 heavy (non-hydrogen) atoms. The molecule has 0 aliphatic heterocycles. The molecule has 0 fully saturated rings. The second-order valence-electron chi connectivity index (χ2n) is 16.8. The van der Waals surface area contributed by atoms with E-state index in [1.54, 1.807) is 0 Å². The molecule has 0 saturated carbocycles. The van der Waals surface area contributed by atoms with Gasteiger partial charge in [-0.15, -0.1) is 0 Å². The van der Waals surface area contributed by atoms with Crippen LogP contribution in [0.5, 0.6) is 0 Å². The summed E-state index contributed by atoms with van der Waals surface area (Å²) in [5.74, 6) is 0. The summed E-state index contributed by atoms with van der Waals surface area (Å²) in [6, 6.07) is 86.0. The smallest absolute Gasteiger partial charge is 0.143 e. The monoisotopic (exact) mass is 813 g/mol. The molecular weight excluding hydrogens is 775 g/mol. The van der Waals surface area contributed by atoms with Crippen molar-refractivity contribution in [3.8, 4) is 33.4 Å². The largest absolute Gasteiger partial charge is 0.455 e. The zero-order valence-electron chi connectivity index (χ0n) is 34.9. The molecule has 2 nitrogen and oxygen atoms in total. The van der Waals surface area contributed by atoms with Crippen molar-refractivity contribution in [1.82, 2.24) is 0 Å². The summed E-state index contributed by atoms with van der Waals surface area (Å²) >= 11 is 0. The van der Waals surface area contributed by atoms with Gasteiger partial charge in [-0.1, -0.05) is 176 Å². The molecule has 0 N–H and O–H groups in total. The van der Waals surface area contributed by atoms with Gasteiger partial charge in [-0.3, -0.25) is 0 Å². The summed E-state index contributed by atoms with van der Waals surface area (Å²) in [4.78, 5) is 2.38. The molecule has 0 aliphatic rings. The predicted octanol–water partition coefficient (Wildman–Crippen LogP) is 17.8. The molecule has 0 unspecified atom stereocenters. The lowest BCUT2D eigenvalue weighted by Gasteiger charge is -2.27. The lowest BCUT2D eigenvalue weighted by atomic mass is 9.93. The van der Waals surface area contributed by atoms with Gasteiger partial charge in [0.05, 0.1) is 0 Å². The van der Waals surface area contributed by atoms with E-state index < -0.39 is 0 Å². The van der Waals surface area contributed by atoms with Crippen LogP contribution in [0.15, 0.2) is 241 Å². The fraction of sp³-hybridized carbons (Fsp3) is 0. The minimum atomic E-state index is 0.889. The van der Waals surface area contributed by atoms with Gasteiger partial charge in [0.1, 0.15) is 11.2 Å². The van der Waals surface area contributed by atoms with Crippen LogP contribution in [0.2, 0.25) is 0 Å². The minimum absolute atomic E-state index is 0.889. The predicted molar refractivity (Wildman–Crippen MR) is 272 cm³/mol. The SMILES string of the molecule is c1cc(-c2cccc3oc4c5ccccc5ccc4c23)cc(N(c2ccc(-c3cc4ccccc4c4ccccc34)cc2)c2ccc(-c3cc4ccccc4c4ccccc34)cc2)c1. The van der Waals surface area contributed by atoms with Crippen LogP contribution in [0.3, 0.4) is 0 Å². The average Bonchev–Trinajstić information content (AvgIpc) is 3.76. The summed E-state index contributed by atoms with van der Waals surface area (Å²) in [7, 11) is 0. The third kappa shape index (κ3) is 5.81. The van der Waals surface area contributed by atoms with Gasteiger partial charge in [0, 0.05) is 33.2 Å². The Hall–Kier alpha value is -8.46. The van der Waals surface area contributed by atoms with E-state index in [-0.39, 0.29) is 0 Å². The van der Waals surface area contributed by atoms with Crippen LogP contribution in [0.1, 0.15) is 0 Å². The standard InChI is InChI=1S/C62H39NO/c1-6-20-52-40(13-1)31-36-57-61-51(25-12-26-60(61)64-62(52)57)43-16-11-17-48(37-43)63(46-32-27-41(28-33-46)58-38-44-14-2-4-18-49(44)53-21-7-9-23-55(53)58)47-34-29-42(30-35-47)59-39-45-15-3-5-19-50(45)54-22-8-10-24-56(54)59/h1-39H. The van der Waals surface area contributed by atoms with Crippen LogP contribution in [0.4, 0.5) is 17.1 Å². The van der Waals surface area contributed by atoms with Crippen molar-refractivity contribution in [3.63, 3.8) is 0 Å². The fourth-order valence-corrected chi connectivity index (χ4v) is 10.2. The molecule has 1 heterocycles. The van der Waals surface area contributed by atoms with Gasteiger partial charge >= 0.3 is 0 Å². The fourth-order valence-electron chi connectivity index (χ4n) is 10.2. The number of hydrogen-bond donors (Lipinski definition) is 0. The molecule has 0 atom stereocenters. The number of fused-ring (bicyclic) bond motifs is 11. The topological polar surface area (TPSA) is 16.4 Å². The van der Waals surface area contributed by atoms with E-state index >= 15 is 0 Å². The van der Waals surface area contributed by atoms with Crippen molar-refractivity contribution in [2.75, 3.05) is 4.90 Å². The highest BCUT2D eigenvalue weighted by Gasteiger charge is 2.19. The second-order valence-corrected chi connectivity index (χ2v) is 16.8. The lowest BCUT2D eigenvalue weighted by Crippen LogP contribution is -2.10. The maximum atomic E-state index is 6.63. The number of benzene rings is 12. The maximum absolute atomic E-state index is 6.63. The van der Waals surface area contributed by atoms with E-state index in [2.05, 4.69) is 241 Å². The Morgan fingerprint density at radius 1 is 0.266 bits per heavy atom. The van der Waals surface area contributed by atoms with Crippen molar-refractivity contribution in [3.05, 3.63) is 237 Å². The van der Waals surface area contributed by atoms with Crippen molar-refractivity contribution >= 4 is 92.9 Å². The second kappa shape index (κ2) is 14.6. The summed E-state index contributed by atoms with van der Waals surface area (Å²) in [6.45, 7) is 0. The van der Waals surface area contributed by atoms with Crippen molar-refractivity contribution < 1.29 is 4.42 Å². The molecule has 0 spiro atoms. The van der Waals surface area contributed by atoms with Crippen LogP contribution < -0.4 is 4.90 Å². The first kappa shape index (κ1) is 36.2. The first-order valence-corrected chi connectivity index (χ1v) is 22.0. The molecule has 0 radical (unpaired) electrons. The lowest BCUT2D eigenvalue weighted by molar-refractivity contribution is 0.673. The Morgan fingerprint density at radius 2 is 0.766 bits per heavy atom. The number of nitrogens with zero attached hydrogens (tertiary/aromatic N) is 1. The Morgan fingerprint density at radius 3 is 1.36 bits per heavy atom. The highest BCUT2D eigenvalue weighted by atomic mass is 16.3. The molecule has 1 aromatic heterocycles. The number of rotatable bonds is 6. The van der Waals surface area contributed by atoms with Gasteiger partial charge in [0.2, 0.25) is 0 Å². The summed E-state index contributed by atoms with van der Waals surface area (Å²) in [5.41, 5.74) is 12.1. The van der Waals surface area contributed by atoms with Gasteiger partial charge < -0.3 is 9.32 Å². The van der Waals surface area contributed by atoms with Crippen LogP contribution in [-0.2, 0) is 0 Å². The van der Waals surface area contributed by atoms with E-state index in [1.807, 2.05) is 0 Å². The third-order valence-electron chi connectivity index (χ3n) is 13.2. The zero-order valence-corrected chi connectivity index (χ0v) is 34.9. The van der Waals surface area contributed by atoms with E-state index in [0.717, 1.165) is 55.5 Å². The minimum Gasteiger partial charge on any atom is -0.455 e. The Bertz CT molecular complexity index is 3790. The Balaban J connectivity index is 0.965. The molecule has 12 aromatic carbocycles. The van der Waals surface area contributed by atoms with Gasteiger partial charge in [-0.2, -0.15) is 0 Å². The van der Waals surface area contributed by atoms with Crippen LogP contribution in [-0.4, -0.2) is 0 Å². The first-order chi connectivity index (χ1) is 31.7. The Labute approximate surface area is 370 Å². The molecule has 0 bridgehead atoms. The molecule has 13 aromatic rings. The van der Waals surface area contributed by atoms with Crippen molar-refractivity contribution in [1.29, 1.82) is 0 Å². The summed E-state index contributed by atoms with van der Waals surface area (Å²) in [6.07, 6.45) is 0. The van der Waals surface area contributed by atoms with Gasteiger partial charge in [0.25, 0.3) is 0 Å². The van der Waals surface area contributed by atoms with Gasteiger partial charge in [-0.05, 0) is 143 Å². The number of hydrogen-bond acceptors (Lipinski definition) is 2. The summed E-state index contributed by atoms with van der Waals surface area (Å²) in [5, 5.41) is 14.6. The highest BCUT2D eigenvalue weighted by Crippen LogP contribution is 2.44. The number of anilines is 3. The van der Waals surface area contributed by atoms with Crippen molar-refractivity contribution in [2.45, 2.75) is 0 Å². The average molecular weight is 814 g/mol. The van der Waals surface area contributed by atoms with Gasteiger partial charge in [-0.25, -0.2) is 0 Å². The normalized spacial score (nSPS) is 11.8. The third-order valence-corrected chi connectivity index (χ3v) is 13.2. The molecule has 298 valence electrons. The van der Waals surface area contributed by atoms with Crippen LogP contribution in [0.25, 0.3) is 109 Å². The van der Waals surface area contributed by atoms with Gasteiger partial charge in [0.15, 0.2) is 0 Å². The molecule has 0 saturated heterocycles. The Kier molecular flexibility index (Phi) is 8.25. The maximum Gasteiger partial charge on any atom is 0.143 e. The summed E-state index contributed by atoms with van der Waals surface area (Å²) < 4.78 is 6.63. The molecular formula is C62H39NO. The van der Waals surface area contributed by atoms with Crippen LogP contribution >= 0.6 is 0 Å². The van der Waals surface area contributed by atoms with E-state index in [9.17, 15) is 0 Å². The van der Waals surface area contributed by atoms with Crippen molar-refractivity contribution in [2.24, 2.45) is 0 Å². The van der Waals surface area contributed by atoms with Crippen LogP contribution in [0, 0.1) is 0 Å². The van der Waals surface area contributed by atoms with E-state index in [0.29, 0.717) is 0 Å². The molecule has 0 amide bonds.